The van der Waals surface area contributed by atoms with Gasteiger partial charge in [-0.1, -0.05) is 69.3 Å². The van der Waals surface area contributed by atoms with E-state index in [1.807, 2.05) is 0 Å². The topological polar surface area (TPSA) is 246 Å². The lowest BCUT2D eigenvalue weighted by Gasteiger charge is -2.67. The van der Waals surface area contributed by atoms with Crippen LogP contribution >= 0.6 is 12.0 Å². The molecule has 0 unspecified atom stereocenters. The second-order valence-corrected chi connectivity index (χ2v) is 17.3. The number of rotatable bonds is 14. The Kier molecular flexibility index (Phi) is 13.3. The van der Waals surface area contributed by atoms with Gasteiger partial charge in [-0.05, 0) is 47.7 Å². The van der Waals surface area contributed by atoms with Crippen molar-refractivity contribution < 1.29 is 77.3 Å². The number of hydrogen-bond donors (Lipinski definition) is 4. The van der Waals surface area contributed by atoms with E-state index in [1.165, 1.54) is 26.0 Å². The molecule has 1 saturated heterocycles. The zero-order valence-corrected chi connectivity index (χ0v) is 34.9. The van der Waals surface area contributed by atoms with Gasteiger partial charge in [0.2, 0.25) is 6.10 Å². The Morgan fingerprint density at radius 3 is 2.25 bits per heavy atom. The first-order valence-corrected chi connectivity index (χ1v) is 20.4. The number of aliphatic hydroxyl groups excluding tert-OH is 2. The van der Waals surface area contributed by atoms with Gasteiger partial charge < -0.3 is 39.0 Å². The van der Waals surface area contributed by atoms with Crippen LogP contribution in [0.2, 0.25) is 0 Å². The Hall–Kier alpha value is -4.24. The first-order valence-electron chi connectivity index (χ1n) is 19.5. The van der Waals surface area contributed by atoms with Crippen molar-refractivity contribution in [1.29, 1.82) is 0 Å². The van der Waals surface area contributed by atoms with Crippen LogP contribution in [0.5, 0.6) is 0 Å². The number of carbonyl (C=O) groups is 5. The highest BCUT2D eigenvalue weighted by Crippen LogP contribution is 2.64. The van der Waals surface area contributed by atoms with Crippen LogP contribution in [0.25, 0.3) is 0 Å². The first kappa shape index (κ1) is 45.3. The molecule has 3 aliphatic carbocycles. The van der Waals surface area contributed by atoms with Crippen LogP contribution in [-0.2, 0) is 57.2 Å². The Morgan fingerprint density at radius 2 is 1.65 bits per heavy atom. The summed E-state index contributed by atoms with van der Waals surface area (Å²) in [5.41, 5.74) is -6.81. The summed E-state index contributed by atoms with van der Waals surface area (Å²) in [6.45, 7) is 8.60. The minimum absolute atomic E-state index is 0.0180. The molecule has 11 atom stereocenters. The van der Waals surface area contributed by atoms with E-state index in [4.69, 9.17) is 29.6 Å². The zero-order valence-electron chi connectivity index (χ0n) is 34.1. The SMILES string of the molecule is CC(=O)O[C@@]12CO[C@@H]1C[C@H](O)[C@@]1(C)C(=O)[C@H](O)C3=C(C)[C@@H](OC(=O)[C@H](OC(=O)CCSOOON)[C@@H](C)c4ccccc4)C[C@@](O)([C@@H](OC(=O)c4ccccc4)[C@H]21)C3(C)C. The van der Waals surface area contributed by atoms with Crippen LogP contribution in [0, 0.1) is 16.7 Å². The lowest BCUT2D eigenvalue weighted by atomic mass is 9.44. The van der Waals surface area contributed by atoms with Crippen LogP contribution in [0.3, 0.4) is 0 Å². The third kappa shape index (κ3) is 7.89. The van der Waals surface area contributed by atoms with Crippen molar-refractivity contribution in [2.75, 3.05) is 12.4 Å². The number of ketones is 1. The number of ether oxygens (including phenoxy) is 5. The quantitative estimate of drug-likeness (QED) is 0.0405. The van der Waals surface area contributed by atoms with Gasteiger partial charge in [0.25, 0.3) is 0 Å². The van der Waals surface area contributed by atoms with E-state index in [9.17, 15) is 34.5 Å². The standard InChI is InChI=1S/C42H51NO16S/c1-22(25-13-9-7-10-14-25)33(54-30(46)17-18-60-59-58-57-43)38(50)53-27-20-42(51)36(55-37(49)26-15-11-8-12-16-26)34-40(6,35(48)32(47)31(23(27)2)39(42,4)5)28(45)19-29-41(34,21-52-29)56-24(3)44/h7-16,22,27-29,32-34,36,45,47,51H,17-21,43H2,1-6H3/t22-,27-,28-,29+,32+,33+,34-,36-,40+,41-,42+/m0/s1. The highest BCUT2D eigenvalue weighted by Gasteiger charge is 2.78. The van der Waals surface area contributed by atoms with Gasteiger partial charge in [0.1, 0.15) is 30.0 Å². The summed E-state index contributed by atoms with van der Waals surface area (Å²) in [5, 5.41) is 41.8. The summed E-state index contributed by atoms with van der Waals surface area (Å²) in [6.07, 6.45) is -10.2. The summed E-state index contributed by atoms with van der Waals surface area (Å²) in [5.74, 6) is -1.91. The second kappa shape index (κ2) is 17.6. The van der Waals surface area contributed by atoms with Gasteiger partial charge in [0, 0.05) is 48.9 Å². The van der Waals surface area contributed by atoms with Gasteiger partial charge in [0.15, 0.2) is 11.4 Å². The maximum absolute atomic E-state index is 15.0. The molecular formula is C42H51NO16S. The molecule has 0 amide bonds. The molecule has 1 heterocycles. The summed E-state index contributed by atoms with van der Waals surface area (Å²) in [7, 11) is 0. The fourth-order valence-electron chi connectivity index (χ4n) is 9.66. The van der Waals surface area contributed by atoms with Crippen molar-refractivity contribution in [2.45, 2.75) is 115 Å². The minimum Gasteiger partial charge on any atom is -0.455 e. The summed E-state index contributed by atoms with van der Waals surface area (Å²) in [4.78, 5) is 73.5. The highest BCUT2D eigenvalue weighted by molar-refractivity contribution is 7.94. The van der Waals surface area contributed by atoms with Gasteiger partial charge >= 0.3 is 23.9 Å². The van der Waals surface area contributed by atoms with Gasteiger partial charge in [-0.15, -0.1) is 9.32 Å². The fourth-order valence-corrected chi connectivity index (χ4v) is 10.1. The number of fused-ring (bicyclic) bond motifs is 5. The monoisotopic (exact) mass is 857 g/mol. The third-order valence-electron chi connectivity index (χ3n) is 13.0. The zero-order chi connectivity index (χ0) is 43.8. The van der Waals surface area contributed by atoms with Crippen LogP contribution in [0.1, 0.15) is 82.6 Å². The molecule has 0 spiro atoms. The number of Topliss-reactive ketones (excluding diaryl/α,β-unsaturated/α-hetero) is 1. The molecule has 0 radical (unpaired) electrons. The van der Waals surface area contributed by atoms with E-state index in [1.54, 1.807) is 69.3 Å². The van der Waals surface area contributed by atoms with Gasteiger partial charge in [-0.2, -0.15) is 5.90 Å². The van der Waals surface area contributed by atoms with E-state index in [0.717, 1.165) is 6.92 Å². The number of benzene rings is 2. The van der Waals surface area contributed by atoms with Crippen LogP contribution < -0.4 is 5.90 Å². The number of aliphatic hydroxyl groups is 3. The fraction of sp³-hybridized carbons (Fsp3) is 0.548. The summed E-state index contributed by atoms with van der Waals surface area (Å²) < 4.78 is 34.7. The summed E-state index contributed by atoms with van der Waals surface area (Å²) in [6, 6.07) is 16.6. The molecule has 17 nitrogen and oxygen atoms in total. The maximum atomic E-state index is 15.0. The molecule has 1 aliphatic heterocycles. The third-order valence-corrected chi connectivity index (χ3v) is 13.5. The van der Waals surface area contributed by atoms with E-state index >= 15 is 4.79 Å². The molecule has 326 valence electrons. The minimum atomic E-state index is -2.33. The average Bonchev–Trinajstić information content (AvgIpc) is 3.21. The van der Waals surface area contributed by atoms with Gasteiger partial charge in [0.05, 0.1) is 36.0 Å². The predicted molar refractivity (Wildman–Crippen MR) is 208 cm³/mol. The molecule has 0 aromatic heterocycles. The number of hydrogen-bond acceptors (Lipinski definition) is 18. The van der Waals surface area contributed by atoms with Crippen molar-refractivity contribution >= 4 is 41.7 Å². The van der Waals surface area contributed by atoms with E-state index in [0.29, 0.717) is 17.6 Å². The highest BCUT2D eigenvalue weighted by atomic mass is 32.2. The Labute approximate surface area is 350 Å². The molecule has 18 heteroatoms. The number of nitrogens with two attached hydrogens (primary N) is 1. The second-order valence-electron chi connectivity index (χ2n) is 16.5. The molecule has 6 rings (SSSR count). The molecule has 2 aromatic rings. The molecule has 3 fully saturated rings. The summed E-state index contributed by atoms with van der Waals surface area (Å²) >= 11 is 0.689. The molecule has 2 saturated carbocycles. The van der Waals surface area contributed by atoms with Crippen molar-refractivity contribution in [1.82, 2.24) is 0 Å². The lowest BCUT2D eigenvalue weighted by Crippen LogP contribution is -2.81. The lowest BCUT2D eigenvalue weighted by molar-refractivity contribution is -0.464. The number of carbonyl (C=O) groups excluding carboxylic acids is 5. The van der Waals surface area contributed by atoms with Crippen LogP contribution in [-0.4, -0.2) is 105 Å². The van der Waals surface area contributed by atoms with Gasteiger partial charge in [-0.3, -0.25) is 14.4 Å². The van der Waals surface area contributed by atoms with Crippen molar-refractivity contribution in [3.63, 3.8) is 0 Å². The van der Waals surface area contributed by atoms with Crippen LogP contribution in [0.15, 0.2) is 71.8 Å². The average molecular weight is 858 g/mol. The molecule has 2 bridgehead atoms. The van der Waals surface area contributed by atoms with E-state index in [-0.39, 0.29) is 41.9 Å². The van der Waals surface area contributed by atoms with E-state index in [2.05, 4.69) is 14.4 Å². The normalized spacial score (nSPS) is 32.7. The van der Waals surface area contributed by atoms with Crippen molar-refractivity contribution in [3.8, 4) is 0 Å². The molecule has 4 aliphatic rings. The first-order chi connectivity index (χ1) is 28.3. The van der Waals surface area contributed by atoms with Crippen molar-refractivity contribution in [2.24, 2.45) is 22.6 Å². The smallest absolute Gasteiger partial charge is 0.348 e. The Bertz CT molecular complexity index is 1980. The number of esters is 4. The van der Waals surface area contributed by atoms with Crippen molar-refractivity contribution in [3.05, 3.63) is 82.9 Å². The molecular weight excluding hydrogens is 807 g/mol. The molecule has 5 N–H and O–H groups in total. The van der Waals surface area contributed by atoms with E-state index < -0.39 is 107 Å². The van der Waals surface area contributed by atoms with Gasteiger partial charge in [-0.25, -0.2) is 9.59 Å². The Morgan fingerprint density at radius 1 is 1.00 bits per heavy atom. The maximum Gasteiger partial charge on any atom is 0.348 e. The predicted octanol–water partition coefficient (Wildman–Crippen LogP) is 3.14. The Balaban J connectivity index is 1.46. The molecule has 2 aromatic carbocycles. The molecule has 60 heavy (non-hydrogen) atoms. The largest absolute Gasteiger partial charge is 0.455 e. The van der Waals surface area contributed by atoms with Crippen LogP contribution in [0.4, 0.5) is 0 Å².